The van der Waals surface area contributed by atoms with Crippen molar-refractivity contribution in [2.75, 3.05) is 39.5 Å². The Labute approximate surface area is 116 Å². The smallest absolute Gasteiger partial charge is 0.328 e. The van der Waals surface area contributed by atoms with Crippen LogP contribution in [0.15, 0.2) is 0 Å². The lowest BCUT2D eigenvalue weighted by Gasteiger charge is -2.41. The minimum absolute atomic E-state index is 0.00436. The zero-order chi connectivity index (χ0) is 14.7. The van der Waals surface area contributed by atoms with Gasteiger partial charge in [-0.05, 0) is 6.92 Å². The Balaban J connectivity index is 2.06. The average molecular weight is 288 g/mol. The molecule has 0 aromatic rings. The Morgan fingerprint density at radius 2 is 2.10 bits per heavy atom. The number of aliphatic carboxylic acids is 1. The van der Waals surface area contributed by atoms with Crippen LogP contribution in [-0.2, 0) is 14.3 Å². The van der Waals surface area contributed by atoms with Gasteiger partial charge in [0.15, 0.2) is 6.04 Å². The predicted octanol–water partition coefficient (Wildman–Crippen LogP) is -1.03. The summed E-state index contributed by atoms with van der Waals surface area (Å²) in [6.07, 6.45) is -0.610. The third-order valence-electron chi connectivity index (χ3n) is 3.46. The van der Waals surface area contributed by atoms with Crippen molar-refractivity contribution in [3.63, 3.8) is 0 Å². The molecule has 0 saturated carbocycles. The molecule has 2 rings (SSSR count). The SMILES string of the molecule is CC1CN(C(=O)N2CCOCC2C(=O)O)CC(CO)O1. The first-order valence-electron chi connectivity index (χ1n) is 6.65. The number of amides is 2. The van der Waals surface area contributed by atoms with Crippen LogP contribution in [0.5, 0.6) is 0 Å². The van der Waals surface area contributed by atoms with E-state index in [1.165, 1.54) is 9.80 Å². The summed E-state index contributed by atoms with van der Waals surface area (Å²) in [5.41, 5.74) is 0. The van der Waals surface area contributed by atoms with Gasteiger partial charge in [0, 0.05) is 13.1 Å². The highest BCUT2D eigenvalue weighted by molar-refractivity contribution is 5.83. The van der Waals surface area contributed by atoms with Gasteiger partial charge < -0.3 is 29.5 Å². The molecule has 0 aromatic heterocycles. The number of aliphatic hydroxyl groups excluding tert-OH is 1. The number of ether oxygens (including phenoxy) is 2. The molecular formula is C12H20N2O6. The van der Waals surface area contributed by atoms with Gasteiger partial charge in [0.1, 0.15) is 0 Å². The summed E-state index contributed by atoms with van der Waals surface area (Å²) in [4.78, 5) is 26.5. The fourth-order valence-electron chi connectivity index (χ4n) is 2.52. The summed E-state index contributed by atoms with van der Waals surface area (Å²) in [5, 5.41) is 18.3. The number of hydrogen-bond acceptors (Lipinski definition) is 5. The molecule has 2 fully saturated rings. The van der Waals surface area contributed by atoms with Gasteiger partial charge in [0.05, 0.1) is 38.6 Å². The quantitative estimate of drug-likeness (QED) is 0.674. The molecule has 0 radical (unpaired) electrons. The lowest BCUT2D eigenvalue weighted by Crippen LogP contribution is -2.60. The second kappa shape index (κ2) is 6.38. The van der Waals surface area contributed by atoms with Crippen molar-refractivity contribution in [2.24, 2.45) is 0 Å². The highest BCUT2D eigenvalue weighted by Crippen LogP contribution is 2.16. The third kappa shape index (κ3) is 3.20. The van der Waals surface area contributed by atoms with E-state index in [0.29, 0.717) is 13.2 Å². The normalized spacial score (nSPS) is 31.2. The molecular weight excluding hydrogens is 268 g/mol. The maximum atomic E-state index is 12.5. The molecule has 8 nitrogen and oxygen atoms in total. The second-order valence-corrected chi connectivity index (χ2v) is 5.06. The number of urea groups is 1. The van der Waals surface area contributed by atoms with E-state index in [0.717, 1.165) is 0 Å². The predicted molar refractivity (Wildman–Crippen MR) is 67.3 cm³/mol. The topological polar surface area (TPSA) is 99.5 Å². The van der Waals surface area contributed by atoms with Crippen LogP contribution in [0.2, 0.25) is 0 Å². The second-order valence-electron chi connectivity index (χ2n) is 5.06. The Morgan fingerprint density at radius 3 is 2.75 bits per heavy atom. The highest BCUT2D eigenvalue weighted by Gasteiger charge is 2.37. The van der Waals surface area contributed by atoms with Crippen molar-refractivity contribution in [1.29, 1.82) is 0 Å². The minimum atomic E-state index is -1.07. The maximum Gasteiger partial charge on any atom is 0.328 e. The zero-order valence-corrected chi connectivity index (χ0v) is 11.4. The van der Waals surface area contributed by atoms with Gasteiger partial charge in [-0.15, -0.1) is 0 Å². The zero-order valence-electron chi connectivity index (χ0n) is 11.4. The van der Waals surface area contributed by atoms with Crippen molar-refractivity contribution >= 4 is 12.0 Å². The Morgan fingerprint density at radius 1 is 1.35 bits per heavy atom. The molecule has 0 bridgehead atoms. The lowest BCUT2D eigenvalue weighted by molar-refractivity contribution is -0.148. The summed E-state index contributed by atoms with van der Waals surface area (Å²) in [6.45, 7) is 2.90. The molecule has 2 heterocycles. The summed E-state index contributed by atoms with van der Waals surface area (Å²) < 4.78 is 10.6. The number of carboxylic acids is 1. The number of nitrogens with zero attached hydrogens (tertiary/aromatic N) is 2. The Kier molecular flexibility index (Phi) is 4.79. The number of carbonyl (C=O) groups is 2. The average Bonchev–Trinajstić information content (AvgIpc) is 2.45. The van der Waals surface area contributed by atoms with Crippen molar-refractivity contribution in [3.8, 4) is 0 Å². The summed E-state index contributed by atoms with van der Waals surface area (Å²) in [6, 6.07) is -1.30. The molecule has 2 amide bonds. The fraction of sp³-hybridized carbons (Fsp3) is 0.833. The number of carbonyl (C=O) groups excluding carboxylic acids is 1. The van der Waals surface area contributed by atoms with Crippen molar-refractivity contribution in [2.45, 2.75) is 25.2 Å². The van der Waals surface area contributed by atoms with Crippen LogP contribution in [0.1, 0.15) is 6.92 Å². The van der Waals surface area contributed by atoms with Gasteiger partial charge in [-0.2, -0.15) is 0 Å². The fourth-order valence-corrected chi connectivity index (χ4v) is 2.52. The first-order valence-corrected chi connectivity index (χ1v) is 6.65. The van der Waals surface area contributed by atoms with Crippen molar-refractivity contribution in [3.05, 3.63) is 0 Å². The Bertz CT molecular complexity index is 377. The molecule has 0 aliphatic carbocycles. The molecule has 2 N–H and O–H groups in total. The van der Waals surface area contributed by atoms with Gasteiger partial charge in [-0.1, -0.05) is 0 Å². The molecule has 0 aromatic carbocycles. The molecule has 2 aliphatic heterocycles. The van der Waals surface area contributed by atoms with Crippen LogP contribution in [0.3, 0.4) is 0 Å². The van der Waals surface area contributed by atoms with Gasteiger partial charge >= 0.3 is 12.0 Å². The van der Waals surface area contributed by atoms with E-state index < -0.39 is 18.1 Å². The summed E-state index contributed by atoms with van der Waals surface area (Å²) in [5.74, 6) is -1.07. The largest absolute Gasteiger partial charge is 0.480 e. The van der Waals surface area contributed by atoms with Crippen LogP contribution in [-0.4, -0.2) is 89.7 Å². The third-order valence-corrected chi connectivity index (χ3v) is 3.46. The summed E-state index contributed by atoms with van der Waals surface area (Å²) >= 11 is 0. The molecule has 20 heavy (non-hydrogen) atoms. The number of morpholine rings is 2. The van der Waals surface area contributed by atoms with E-state index in [4.69, 9.17) is 19.7 Å². The molecule has 8 heteroatoms. The molecule has 3 unspecified atom stereocenters. The van der Waals surface area contributed by atoms with E-state index in [1.807, 2.05) is 6.92 Å². The van der Waals surface area contributed by atoms with Crippen LogP contribution in [0, 0.1) is 0 Å². The molecule has 3 atom stereocenters. The number of aliphatic hydroxyl groups is 1. The van der Waals surface area contributed by atoms with Crippen molar-refractivity contribution < 1.29 is 29.3 Å². The number of hydrogen-bond donors (Lipinski definition) is 2. The van der Waals surface area contributed by atoms with Crippen LogP contribution < -0.4 is 0 Å². The van der Waals surface area contributed by atoms with E-state index in [1.54, 1.807) is 0 Å². The van der Waals surface area contributed by atoms with Gasteiger partial charge in [-0.3, -0.25) is 0 Å². The Hall–Kier alpha value is -1.38. The summed E-state index contributed by atoms with van der Waals surface area (Å²) in [7, 11) is 0. The first-order chi connectivity index (χ1) is 9.52. The standard InChI is InChI=1S/C12H20N2O6/c1-8-4-13(5-9(6-15)20-8)12(18)14-2-3-19-7-10(14)11(16)17/h8-10,15H,2-7H2,1H3,(H,16,17). The van der Waals surface area contributed by atoms with E-state index in [9.17, 15) is 9.59 Å². The number of carboxylic acid groups (broad SMARTS) is 1. The van der Waals surface area contributed by atoms with Gasteiger partial charge in [0.25, 0.3) is 0 Å². The molecule has 114 valence electrons. The van der Waals surface area contributed by atoms with Crippen LogP contribution >= 0.6 is 0 Å². The maximum absolute atomic E-state index is 12.5. The first kappa shape index (κ1) is 15.0. The minimum Gasteiger partial charge on any atom is -0.480 e. The molecule has 2 saturated heterocycles. The van der Waals surface area contributed by atoms with E-state index in [2.05, 4.69) is 0 Å². The number of rotatable bonds is 2. The molecule has 0 spiro atoms. The van der Waals surface area contributed by atoms with Gasteiger partial charge in [0.2, 0.25) is 0 Å². The van der Waals surface area contributed by atoms with E-state index >= 15 is 0 Å². The van der Waals surface area contributed by atoms with Gasteiger partial charge in [-0.25, -0.2) is 9.59 Å². The van der Waals surface area contributed by atoms with E-state index in [-0.39, 0.29) is 38.4 Å². The van der Waals surface area contributed by atoms with Crippen LogP contribution in [0.4, 0.5) is 4.79 Å². The van der Waals surface area contributed by atoms with Crippen molar-refractivity contribution in [1.82, 2.24) is 9.80 Å². The lowest BCUT2D eigenvalue weighted by atomic mass is 10.2. The monoisotopic (exact) mass is 288 g/mol. The van der Waals surface area contributed by atoms with Crippen LogP contribution in [0.25, 0.3) is 0 Å². The highest BCUT2D eigenvalue weighted by atomic mass is 16.5. The molecule has 2 aliphatic rings.